The molecule has 1 N–H and O–H groups in total. The van der Waals surface area contributed by atoms with E-state index in [-0.39, 0.29) is 5.91 Å². The monoisotopic (exact) mass is 287 g/mol. The summed E-state index contributed by atoms with van der Waals surface area (Å²) in [6.07, 6.45) is 1.00. The van der Waals surface area contributed by atoms with E-state index < -0.39 is 0 Å². The van der Waals surface area contributed by atoms with Crippen LogP contribution in [0.3, 0.4) is 0 Å². The zero-order valence-corrected chi connectivity index (χ0v) is 12.0. The molecule has 1 aliphatic rings. The highest BCUT2D eigenvalue weighted by molar-refractivity contribution is 7.13. The Hall–Kier alpha value is -1.72. The second kappa shape index (κ2) is 6.15. The van der Waals surface area contributed by atoms with Crippen molar-refractivity contribution in [2.75, 3.05) is 26.2 Å². The minimum Gasteiger partial charge on any atom is -0.336 e. The van der Waals surface area contributed by atoms with Gasteiger partial charge in [0.1, 0.15) is 10.7 Å². The Bertz CT molecular complexity index is 574. The van der Waals surface area contributed by atoms with Crippen molar-refractivity contribution in [3.8, 4) is 10.6 Å². The standard InChI is InChI=1S/C15H17N3OS/c19-15(18-9-4-7-16-8-10-18)13-11-20-14(17-13)12-5-2-1-3-6-12/h1-3,5-6,11,16H,4,7-10H2. The fourth-order valence-corrected chi connectivity index (χ4v) is 3.10. The van der Waals surface area contributed by atoms with E-state index >= 15 is 0 Å². The van der Waals surface area contributed by atoms with Gasteiger partial charge in [-0.25, -0.2) is 4.98 Å². The zero-order valence-electron chi connectivity index (χ0n) is 11.2. The van der Waals surface area contributed by atoms with Crippen LogP contribution in [-0.4, -0.2) is 42.0 Å². The van der Waals surface area contributed by atoms with Crippen LogP contribution in [0.25, 0.3) is 10.6 Å². The third-order valence-electron chi connectivity index (χ3n) is 3.37. The summed E-state index contributed by atoms with van der Waals surface area (Å²) in [6, 6.07) is 9.98. The Morgan fingerprint density at radius 2 is 2.05 bits per heavy atom. The fourth-order valence-electron chi connectivity index (χ4n) is 2.30. The Kier molecular flexibility index (Phi) is 4.08. The average molecular weight is 287 g/mol. The molecule has 1 saturated heterocycles. The molecule has 0 radical (unpaired) electrons. The molecule has 0 unspecified atom stereocenters. The molecule has 0 aliphatic carbocycles. The summed E-state index contributed by atoms with van der Waals surface area (Å²) in [5, 5.41) is 6.07. The number of carbonyl (C=O) groups excluding carboxylic acids is 1. The summed E-state index contributed by atoms with van der Waals surface area (Å²) in [5.41, 5.74) is 1.63. The van der Waals surface area contributed by atoms with Crippen LogP contribution in [0.4, 0.5) is 0 Å². The molecule has 1 aromatic heterocycles. The number of hydrogen-bond donors (Lipinski definition) is 1. The molecule has 4 nitrogen and oxygen atoms in total. The summed E-state index contributed by atoms with van der Waals surface area (Å²) in [7, 11) is 0. The molecule has 20 heavy (non-hydrogen) atoms. The van der Waals surface area contributed by atoms with Crippen LogP contribution >= 0.6 is 11.3 Å². The average Bonchev–Trinajstić information content (AvgIpc) is 2.83. The van der Waals surface area contributed by atoms with Crippen LogP contribution in [-0.2, 0) is 0 Å². The highest BCUT2D eigenvalue weighted by Crippen LogP contribution is 2.23. The van der Waals surface area contributed by atoms with Crippen LogP contribution in [0.2, 0.25) is 0 Å². The van der Waals surface area contributed by atoms with Gasteiger partial charge in [-0.05, 0) is 13.0 Å². The van der Waals surface area contributed by atoms with Gasteiger partial charge in [0.2, 0.25) is 0 Å². The van der Waals surface area contributed by atoms with Crippen LogP contribution < -0.4 is 5.32 Å². The van der Waals surface area contributed by atoms with Crippen LogP contribution in [0.5, 0.6) is 0 Å². The molecular formula is C15H17N3OS. The Morgan fingerprint density at radius 1 is 1.20 bits per heavy atom. The molecule has 1 amide bonds. The lowest BCUT2D eigenvalue weighted by Crippen LogP contribution is -2.34. The van der Waals surface area contributed by atoms with Gasteiger partial charge in [0.15, 0.2) is 0 Å². The lowest BCUT2D eigenvalue weighted by molar-refractivity contribution is 0.0761. The molecule has 5 heteroatoms. The maximum atomic E-state index is 12.4. The molecule has 104 valence electrons. The zero-order chi connectivity index (χ0) is 13.8. The smallest absolute Gasteiger partial charge is 0.273 e. The van der Waals surface area contributed by atoms with Gasteiger partial charge < -0.3 is 10.2 Å². The molecule has 1 aliphatic heterocycles. The van der Waals surface area contributed by atoms with Gasteiger partial charge in [0.05, 0.1) is 0 Å². The van der Waals surface area contributed by atoms with Crippen molar-refractivity contribution in [1.82, 2.24) is 15.2 Å². The molecule has 1 fully saturated rings. The van der Waals surface area contributed by atoms with E-state index in [1.807, 2.05) is 40.6 Å². The van der Waals surface area contributed by atoms with E-state index in [0.717, 1.165) is 43.2 Å². The highest BCUT2D eigenvalue weighted by Gasteiger charge is 2.19. The van der Waals surface area contributed by atoms with Gasteiger partial charge >= 0.3 is 0 Å². The number of hydrogen-bond acceptors (Lipinski definition) is 4. The Labute approximate surface area is 122 Å². The number of nitrogens with zero attached hydrogens (tertiary/aromatic N) is 2. The van der Waals surface area contributed by atoms with Crippen molar-refractivity contribution in [3.05, 3.63) is 41.4 Å². The summed E-state index contributed by atoms with van der Waals surface area (Å²) in [5.74, 6) is 0.0483. The van der Waals surface area contributed by atoms with Gasteiger partial charge in [-0.1, -0.05) is 30.3 Å². The number of benzene rings is 1. The summed E-state index contributed by atoms with van der Waals surface area (Å²) in [4.78, 5) is 18.8. The second-order valence-corrected chi connectivity index (χ2v) is 5.66. The SMILES string of the molecule is O=C(c1csc(-c2ccccc2)n1)N1CCCNCC1. The normalized spacial score (nSPS) is 15.9. The molecular weight excluding hydrogens is 270 g/mol. The molecule has 3 rings (SSSR count). The Balaban J connectivity index is 1.77. The predicted octanol–water partition coefficient (Wildman–Crippen LogP) is 2.25. The maximum absolute atomic E-state index is 12.4. The van der Waals surface area contributed by atoms with E-state index in [2.05, 4.69) is 10.3 Å². The van der Waals surface area contributed by atoms with Crippen molar-refractivity contribution in [3.63, 3.8) is 0 Å². The molecule has 0 atom stereocenters. The summed E-state index contributed by atoms with van der Waals surface area (Å²) in [6.45, 7) is 3.42. The highest BCUT2D eigenvalue weighted by atomic mass is 32.1. The first kappa shape index (κ1) is 13.3. The Morgan fingerprint density at radius 3 is 2.90 bits per heavy atom. The molecule has 2 heterocycles. The lowest BCUT2D eigenvalue weighted by Gasteiger charge is -2.18. The maximum Gasteiger partial charge on any atom is 0.273 e. The number of rotatable bonds is 2. The topological polar surface area (TPSA) is 45.2 Å². The fraction of sp³-hybridized carbons (Fsp3) is 0.333. The first-order valence-corrected chi connectivity index (χ1v) is 7.73. The number of aromatic nitrogens is 1. The number of thiazole rings is 1. The van der Waals surface area contributed by atoms with Crippen molar-refractivity contribution < 1.29 is 4.79 Å². The van der Waals surface area contributed by atoms with Crippen molar-refractivity contribution in [2.24, 2.45) is 0 Å². The molecule has 0 spiro atoms. The minimum absolute atomic E-state index is 0.0483. The lowest BCUT2D eigenvalue weighted by atomic mass is 10.2. The minimum atomic E-state index is 0.0483. The van der Waals surface area contributed by atoms with Crippen molar-refractivity contribution >= 4 is 17.2 Å². The van der Waals surface area contributed by atoms with Gasteiger partial charge in [-0.3, -0.25) is 4.79 Å². The van der Waals surface area contributed by atoms with Crippen LogP contribution in [0.1, 0.15) is 16.9 Å². The summed E-state index contributed by atoms with van der Waals surface area (Å²) >= 11 is 1.53. The van der Waals surface area contributed by atoms with Crippen LogP contribution in [0.15, 0.2) is 35.7 Å². The van der Waals surface area contributed by atoms with E-state index in [0.29, 0.717) is 5.69 Å². The quantitative estimate of drug-likeness (QED) is 0.921. The van der Waals surface area contributed by atoms with Gasteiger partial charge in [0.25, 0.3) is 5.91 Å². The first-order valence-electron chi connectivity index (χ1n) is 6.85. The van der Waals surface area contributed by atoms with Gasteiger partial charge in [-0.2, -0.15) is 0 Å². The number of nitrogens with one attached hydrogen (secondary N) is 1. The molecule has 2 aromatic rings. The van der Waals surface area contributed by atoms with E-state index in [1.54, 1.807) is 0 Å². The largest absolute Gasteiger partial charge is 0.336 e. The molecule has 0 bridgehead atoms. The van der Waals surface area contributed by atoms with Crippen molar-refractivity contribution in [1.29, 1.82) is 0 Å². The van der Waals surface area contributed by atoms with Crippen molar-refractivity contribution in [2.45, 2.75) is 6.42 Å². The van der Waals surface area contributed by atoms with E-state index in [4.69, 9.17) is 0 Å². The number of amides is 1. The third-order valence-corrected chi connectivity index (χ3v) is 4.26. The summed E-state index contributed by atoms with van der Waals surface area (Å²) < 4.78 is 0. The van der Waals surface area contributed by atoms with E-state index in [9.17, 15) is 4.79 Å². The van der Waals surface area contributed by atoms with Gasteiger partial charge in [-0.15, -0.1) is 11.3 Å². The van der Waals surface area contributed by atoms with Gasteiger partial charge in [0, 0.05) is 30.6 Å². The molecule has 1 aromatic carbocycles. The third kappa shape index (κ3) is 2.89. The molecule has 0 saturated carbocycles. The number of carbonyl (C=O) groups is 1. The van der Waals surface area contributed by atoms with Crippen LogP contribution in [0, 0.1) is 0 Å². The van der Waals surface area contributed by atoms with E-state index in [1.165, 1.54) is 11.3 Å². The second-order valence-electron chi connectivity index (χ2n) is 4.80. The first-order chi connectivity index (χ1) is 9.84. The predicted molar refractivity (Wildman–Crippen MR) is 80.9 cm³/mol.